The quantitative estimate of drug-likeness (QED) is 0.753. The summed E-state index contributed by atoms with van der Waals surface area (Å²) in [4.78, 5) is 19.0. The Labute approximate surface area is 156 Å². The highest BCUT2D eigenvalue weighted by atomic mass is 16.5. The minimum atomic E-state index is -0.232. The third kappa shape index (κ3) is 3.48. The molecule has 7 nitrogen and oxygen atoms in total. The zero-order valence-electron chi connectivity index (χ0n) is 15.0. The zero-order chi connectivity index (χ0) is 18.6. The van der Waals surface area contributed by atoms with E-state index in [-0.39, 0.29) is 12.1 Å². The molecule has 2 amide bonds. The molecule has 7 heteroatoms. The Balaban J connectivity index is 1.54. The monoisotopic (exact) mass is 364 g/mol. The summed E-state index contributed by atoms with van der Waals surface area (Å²) in [6, 6.07) is 16.5. The van der Waals surface area contributed by atoms with Crippen LogP contribution in [0.2, 0.25) is 0 Å². The number of anilines is 1. The Bertz CT molecular complexity index is 926. The minimum absolute atomic E-state index is 0.166. The Morgan fingerprint density at radius 1 is 1.19 bits per heavy atom. The average Bonchev–Trinajstić information content (AvgIpc) is 3.38. The summed E-state index contributed by atoms with van der Waals surface area (Å²) in [5, 5.41) is 7.01. The second-order valence-corrected chi connectivity index (χ2v) is 6.30. The van der Waals surface area contributed by atoms with Crippen molar-refractivity contribution < 1.29 is 14.1 Å². The molecule has 0 spiro atoms. The van der Waals surface area contributed by atoms with Crippen LogP contribution in [0.1, 0.15) is 24.8 Å². The van der Waals surface area contributed by atoms with E-state index in [4.69, 9.17) is 9.26 Å². The van der Waals surface area contributed by atoms with E-state index in [0.717, 1.165) is 24.1 Å². The van der Waals surface area contributed by atoms with E-state index in [2.05, 4.69) is 15.5 Å². The molecular formula is C20H20N4O3. The van der Waals surface area contributed by atoms with Gasteiger partial charge in [0.1, 0.15) is 11.8 Å². The van der Waals surface area contributed by atoms with Gasteiger partial charge in [-0.25, -0.2) is 4.79 Å². The van der Waals surface area contributed by atoms with Gasteiger partial charge in [-0.3, -0.25) is 0 Å². The summed E-state index contributed by atoms with van der Waals surface area (Å²) in [5.74, 6) is 1.57. The first-order valence-electron chi connectivity index (χ1n) is 8.86. The number of carbonyl (C=O) groups excluding carboxylic acids is 1. The minimum Gasteiger partial charge on any atom is -0.496 e. The van der Waals surface area contributed by atoms with Gasteiger partial charge in [-0.2, -0.15) is 4.98 Å². The van der Waals surface area contributed by atoms with Gasteiger partial charge in [0.05, 0.1) is 12.7 Å². The van der Waals surface area contributed by atoms with E-state index in [1.54, 1.807) is 12.0 Å². The molecule has 1 aliphatic heterocycles. The fraction of sp³-hybridized carbons (Fsp3) is 0.250. The molecule has 138 valence electrons. The maximum atomic E-state index is 12.7. The number of nitrogens with zero attached hydrogens (tertiary/aromatic N) is 3. The largest absolute Gasteiger partial charge is 0.496 e. The molecule has 3 aromatic rings. The molecule has 1 aromatic heterocycles. The molecule has 0 saturated carbocycles. The number of methoxy groups -OCH3 is 1. The molecule has 2 heterocycles. The summed E-state index contributed by atoms with van der Waals surface area (Å²) in [5.41, 5.74) is 1.52. The van der Waals surface area contributed by atoms with Crippen LogP contribution in [-0.2, 0) is 0 Å². The Morgan fingerprint density at radius 2 is 1.96 bits per heavy atom. The summed E-state index contributed by atoms with van der Waals surface area (Å²) < 4.78 is 10.9. The number of nitrogens with one attached hydrogen (secondary N) is 1. The van der Waals surface area contributed by atoms with Crippen molar-refractivity contribution in [2.45, 2.75) is 18.9 Å². The number of amides is 2. The van der Waals surface area contributed by atoms with Gasteiger partial charge in [-0.05, 0) is 37.1 Å². The maximum Gasteiger partial charge on any atom is 0.322 e. The van der Waals surface area contributed by atoms with Crippen molar-refractivity contribution in [1.29, 1.82) is 0 Å². The predicted octanol–water partition coefficient (Wildman–Crippen LogP) is 4.11. The number of benzene rings is 2. The SMILES string of the molecule is COc1ccccc1-c1noc([C@@H]2CCCN2C(=O)Nc2ccccc2)n1. The lowest BCUT2D eigenvalue weighted by molar-refractivity contribution is 0.193. The molecule has 0 unspecified atom stereocenters. The Kier molecular flexibility index (Phi) is 4.74. The highest BCUT2D eigenvalue weighted by molar-refractivity contribution is 5.89. The molecule has 2 aromatic carbocycles. The molecule has 27 heavy (non-hydrogen) atoms. The maximum absolute atomic E-state index is 12.7. The van der Waals surface area contributed by atoms with Crippen LogP contribution in [0.3, 0.4) is 0 Å². The molecule has 1 aliphatic rings. The van der Waals surface area contributed by atoms with Gasteiger partial charge in [0.25, 0.3) is 0 Å². The number of rotatable bonds is 4. The molecule has 1 saturated heterocycles. The molecule has 4 rings (SSSR count). The lowest BCUT2D eigenvalue weighted by atomic mass is 10.2. The topological polar surface area (TPSA) is 80.5 Å². The smallest absolute Gasteiger partial charge is 0.322 e. The number of hydrogen-bond acceptors (Lipinski definition) is 5. The van der Waals surface area contributed by atoms with Crippen molar-refractivity contribution in [1.82, 2.24) is 15.0 Å². The Hall–Kier alpha value is -3.35. The first kappa shape index (κ1) is 17.1. The number of urea groups is 1. The molecule has 1 atom stereocenters. The van der Waals surface area contributed by atoms with Gasteiger partial charge < -0.3 is 19.5 Å². The summed E-state index contributed by atoms with van der Waals surface area (Å²) >= 11 is 0. The van der Waals surface area contributed by atoms with Crippen LogP contribution in [0.5, 0.6) is 5.75 Å². The fourth-order valence-electron chi connectivity index (χ4n) is 3.29. The third-order valence-electron chi connectivity index (χ3n) is 4.61. The van der Waals surface area contributed by atoms with Gasteiger partial charge in [0.15, 0.2) is 0 Å². The van der Waals surface area contributed by atoms with Crippen LogP contribution < -0.4 is 10.1 Å². The normalized spacial score (nSPS) is 16.3. The van der Waals surface area contributed by atoms with Crippen LogP contribution in [-0.4, -0.2) is 34.7 Å². The van der Waals surface area contributed by atoms with E-state index in [9.17, 15) is 4.79 Å². The second-order valence-electron chi connectivity index (χ2n) is 6.30. The van der Waals surface area contributed by atoms with E-state index >= 15 is 0 Å². The molecule has 0 radical (unpaired) electrons. The van der Waals surface area contributed by atoms with E-state index in [0.29, 0.717) is 24.0 Å². The van der Waals surface area contributed by atoms with Gasteiger partial charge in [0, 0.05) is 12.2 Å². The lowest BCUT2D eigenvalue weighted by Crippen LogP contribution is -2.34. The lowest BCUT2D eigenvalue weighted by Gasteiger charge is -2.22. The van der Waals surface area contributed by atoms with Crippen LogP contribution in [0.25, 0.3) is 11.4 Å². The molecule has 1 N–H and O–H groups in total. The van der Waals surface area contributed by atoms with Gasteiger partial charge in [-0.1, -0.05) is 35.5 Å². The molecular weight excluding hydrogens is 344 g/mol. The summed E-state index contributed by atoms with van der Waals surface area (Å²) in [6.45, 7) is 0.649. The highest BCUT2D eigenvalue weighted by Crippen LogP contribution is 2.34. The van der Waals surface area contributed by atoms with Gasteiger partial charge in [-0.15, -0.1) is 0 Å². The molecule has 1 fully saturated rings. The molecule has 0 bridgehead atoms. The van der Waals surface area contributed by atoms with Crippen LogP contribution >= 0.6 is 0 Å². The number of aromatic nitrogens is 2. The van der Waals surface area contributed by atoms with Crippen molar-refractivity contribution >= 4 is 11.7 Å². The number of likely N-dealkylation sites (tertiary alicyclic amines) is 1. The Morgan fingerprint density at radius 3 is 2.78 bits per heavy atom. The number of carbonyl (C=O) groups is 1. The molecule has 0 aliphatic carbocycles. The van der Waals surface area contributed by atoms with E-state index in [1.807, 2.05) is 54.6 Å². The van der Waals surface area contributed by atoms with E-state index in [1.165, 1.54) is 0 Å². The van der Waals surface area contributed by atoms with Crippen molar-refractivity contribution in [3.05, 3.63) is 60.5 Å². The predicted molar refractivity (Wildman–Crippen MR) is 100 cm³/mol. The summed E-state index contributed by atoms with van der Waals surface area (Å²) in [7, 11) is 1.60. The zero-order valence-corrected chi connectivity index (χ0v) is 15.0. The van der Waals surface area contributed by atoms with Gasteiger partial charge >= 0.3 is 6.03 Å². The van der Waals surface area contributed by atoms with Crippen LogP contribution in [0.15, 0.2) is 59.1 Å². The number of hydrogen-bond donors (Lipinski definition) is 1. The number of ether oxygens (including phenoxy) is 1. The third-order valence-corrected chi connectivity index (χ3v) is 4.61. The van der Waals surface area contributed by atoms with Crippen molar-refractivity contribution in [3.63, 3.8) is 0 Å². The van der Waals surface area contributed by atoms with Crippen LogP contribution in [0.4, 0.5) is 10.5 Å². The summed E-state index contributed by atoms with van der Waals surface area (Å²) in [6.07, 6.45) is 1.68. The fourth-order valence-corrected chi connectivity index (χ4v) is 3.29. The van der Waals surface area contributed by atoms with Crippen molar-refractivity contribution in [3.8, 4) is 17.1 Å². The first-order chi connectivity index (χ1) is 13.3. The highest BCUT2D eigenvalue weighted by Gasteiger charge is 2.34. The van der Waals surface area contributed by atoms with Crippen molar-refractivity contribution in [2.24, 2.45) is 0 Å². The average molecular weight is 364 g/mol. The van der Waals surface area contributed by atoms with E-state index < -0.39 is 0 Å². The van der Waals surface area contributed by atoms with Crippen molar-refractivity contribution in [2.75, 3.05) is 19.0 Å². The standard InChI is InChI=1S/C20H20N4O3/c1-26-17-12-6-5-10-15(17)18-22-19(27-23-18)16-11-7-13-24(16)20(25)21-14-8-3-2-4-9-14/h2-6,8-10,12,16H,7,11,13H2,1H3,(H,21,25)/t16-/m0/s1. The second kappa shape index (κ2) is 7.49. The van der Waals surface area contributed by atoms with Gasteiger partial charge in [0.2, 0.25) is 11.7 Å². The van der Waals surface area contributed by atoms with Crippen LogP contribution in [0, 0.1) is 0 Å². The number of para-hydroxylation sites is 2. The first-order valence-corrected chi connectivity index (χ1v) is 8.86.